The van der Waals surface area contributed by atoms with Gasteiger partial charge in [-0.2, -0.15) is 5.10 Å². The minimum atomic E-state index is -1.12. The highest BCUT2D eigenvalue weighted by Crippen LogP contribution is 2.25. The summed E-state index contributed by atoms with van der Waals surface area (Å²) in [5, 5.41) is 15.8. The molecule has 10 nitrogen and oxygen atoms in total. The van der Waals surface area contributed by atoms with Crippen LogP contribution >= 0.6 is 0 Å². The molecule has 0 aliphatic carbocycles. The Bertz CT molecular complexity index is 871. The summed E-state index contributed by atoms with van der Waals surface area (Å²) in [6, 6.07) is 1.02. The molecule has 1 aliphatic heterocycles. The number of nitrogens with zero attached hydrogens (tertiary/aromatic N) is 3. The second-order valence-corrected chi connectivity index (χ2v) is 5.66. The summed E-state index contributed by atoms with van der Waals surface area (Å²) in [4.78, 5) is 42.0. The zero-order valence-corrected chi connectivity index (χ0v) is 13.5. The third-order valence-electron chi connectivity index (χ3n) is 3.93. The largest absolute Gasteiger partial charge is 0.476 e. The van der Waals surface area contributed by atoms with Crippen molar-refractivity contribution in [3.63, 3.8) is 0 Å². The topological polar surface area (TPSA) is 139 Å². The number of aryl methyl sites for hydroxylation is 1. The van der Waals surface area contributed by atoms with Crippen molar-refractivity contribution in [2.24, 2.45) is 0 Å². The van der Waals surface area contributed by atoms with Gasteiger partial charge in [0, 0.05) is 19.9 Å². The zero-order chi connectivity index (χ0) is 18.0. The highest BCUT2D eigenvalue weighted by molar-refractivity contribution is 5.93. The summed E-state index contributed by atoms with van der Waals surface area (Å²) < 4.78 is 6.45. The van der Waals surface area contributed by atoms with Crippen molar-refractivity contribution >= 4 is 11.9 Å². The summed E-state index contributed by atoms with van der Waals surface area (Å²) >= 11 is 0. The summed E-state index contributed by atoms with van der Waals surface area (Å²) in [5.41, 5.74) is -0.137. The molecule has 132 valence electrons. The van der Waals surface area contributed by atoms with Crippen LogP contribution in [0.25, 0.3) is 0 Å². The molecular weight excluding hydrogens is 330 g/mol. The molecule has 2 aromatic heterocycles. The maximum absolute atomic E-state index is 12.4. The van der Waals surface area contributed by atoms with Crippen LogP contribution in [0.1, 0.15) is 51.2 Å². The third kappa shape index (κ3) is 3.43. The number of H-pyrrole nitrogens is 1. The number of aromatic nitrogens is 4. The van der Waals surface area contributed by atoms with Gasteiger partial charge in [0.05, 0.1) is 11.7 Å². The quantitative estimate of drug-likeness (QED) is 0.695. The average molecular weight is 347 g/mol. The van der Waals surface area contributed by atoms with Gasteiger partial charge < -0.3 is 20.1 Å². The van der Waals surface area contributed by atoms with Crippen LogP contribution in [-0.4, -0.2) is 43.8 Å². The van der Waals surface area contributed by atoms with E-state index in [2.05, 4.69) is 20.4 Å². The van der Waals surface area contributed by atoms with Gasteiger partial charge in [-0.3, -0.25) is 14.3 Å². The van der Waals surface area contributed by atoms with Crippen molar-refractivity contribution in [1.29, 1.82) is 0 Å². The lowest BCUT2D eigenvalue weighted by Gasteiger charge is -2.24. The van der Waals surface area contributed by atoms with Gasteiger partial charge in [0.2, 0.25) is 0 Å². The molecule has 1 unspecified atom stereocenters. The number of carbonyl (C=O) groups is 2. The normalized spacial score (nSPS) is 16.3. The molecular formula is C15H17N5O5. The number of aromatic carboxylic acids is 1. The van der Waals surface area contributed by atoms with Crippen LogP contribution in [0.5, 0.6) is 0 Å². The lowest BCUT2D eigenvalue weighted by molar-refractivity contribution is 0.0689. The fourth-order valence-corrected chi connectivity index (χ4v) is 2.77. The molecule has 25 heavy (non-hydrogen) atoms. The van der Waals surface area contributed by atoms with Crippen molar-refractivity contribution < 1.29 is 19.4 Å². The van der Waals surface area contributed by atoms with Gasteiger partial charge in [-0.1, -0.05) is 0 Å². The second-order valence-electron chi connectivity index (χ2n) is 5.66. The van der Waals surface area contributed by atoms with Gasteiger partial charge >= 0.3 is 5.97 Å². The summed E-state index contributed by atoms with van der Waals surface area (Å²) in [7, 11) is 1.47. The number of aromatic amines is 1. The first-order valence-electron chi connectivity index (χ1n) is 7.68. The Kier molecular flexibility index (Phi) is 4.61. The van der Waals surface area contributed by atoms with Crippen LogP contribution in [0.2, 0.25) is 0 Å². The Balaban J connectivity index is 1.81. The minimum absolute atomic E-state index is 0.0698. The van der Waals surface area contributed by atoms with Crippen LogP contribution < -0.4 is 10.9 Å². The fraction of sp³-hybridized carbons (Fsp3) is 0.400. The van der Waals surface area contributed by atoms with Gasteiger partial charge in [-0.25, -0.2) is 9.78 Å². The monoisotopic (exact) mass is 347 g/mol. The number of amides is 1. The Labute approximate surface area is 141 Å². The van der Waals surface area contributed by atoms with E-state index in [1.165, 1.54) is 19.4 Å². The van der Waals surface area contributed by atoms with Crippen LogP contribution in [-0.2, 0) is 17.9 Å². The van der Waals surface area contributed by atoms with E-state index in [4.69, 9.17) is 9.84 Å². The molecule has 0 spiro atoms. The zero-order valence-electron chi connectivity index (χ0n) is 13.5. The molecule has 3 heterocycles. The van der Waals surface area contributed by atoms with Gasteiger partial charge in [0.1, 0.15) is 18.0 Å². The molecule has 0 aromatic carbocycles. The highest BCUT2D eigenvalue weighted by Gasteiger charge is 2.26. The number of carboxylic acid groups (broad SMARTS) is 1. The Morgan fingerprint density at radius 3 is 3.00 bits per heavy atom. The average Bonchev–Trinajstić information content (AvgIpc) is 3.01. The Morgan fingerprint density at radius 1 is 1.52 bits per heavy atom. The Morgan fingerprint density at radius 2 is 2.32 bits per heavy atom. The summed E-state index contributed by atoms with van der Waals surface area (Å²) in [5.74, 6) is -1.37. The molecule has 10 heteroatoms. The van der Waals surface area contributed by atoms with E-state index >= 15 is 0 Å². The Hall–Kier alpha value is -3.01. The van der Waals surface area contributed by atoms with Crippen molar-refractivity contribution in [3.05, 3.63) is 45.4 Å². The molecule has 0 saturated carbocycles. The SMILES string of the molecule is COCc1ncc(C(=O)NC2CCCn3nc(C(=O)O)cc32)c(=O)[nH]1. The van der Waals surface area contributed by atoms with E-state index in [9.17, 15) is 14.4 Å². The highest BCUT2D eigenvalue weighted by atomic mass is 16.5. The first-order valence-corrected chi connectivity index (χ1v) is 7.68. The van der Waals surface area contributed by atoms with Crippen LogP contribution in [0.3, 0.4) is 0 Å². The van der Waals surface area contributed by atoms with Gasteiger partial charge in [-0.15, -0.1) is 0 Å². The number of rotatable bonds is 5. The molecule has 3 N–H and O–H groups in total. The van der Waals surface area contributed by atoms with Crippen LogP contribution in [0, 0.1) is 0 Å². The summed E-state index contributed by atoms with van der Waals surface area (Å²) in [6.45, 7) is 0.722. The number of methoxy groups -OCH3 is 1. The number of hydrogen-bond acceptors (Lipinski definition) is 6. The van der Waals surface area contributed by atoms with E-state index < -0.39 is 23.5 Å². The molecule has 0 radical (unpaired) electrons. The smallest absolute Gasteiger partial charge is 0.356 e. The molecule has 0 fully saturated rings. The first-order chi connectivity index (χ1) is 12.0. The maximum atomic E-state index is 12.4. The van der Waals surface area contributed by atoms with E-state index in [0.29, 0.717) is 24.5 Å². The van der Waals surface area contributed by atoms with Gasteiger partial charge in [-0.05, 0) is 18.9 Å². The van der Waals surface area contributed by atoms with Crippen molar-refractivity contribution in [1.82, 2.24) is 25.1 Å². The third-order valence-corrected chi connectivity index (χ3v) is 3.93. The number of carbonyl (C=O) groups excluding carboxylic acids is 1. The van der Waals surface area contributed by atoms with E-state index in [-0.39, 0.29) is 17.9 Å². The number of carboxylic acids is 1. The molecule has 0 saturated heterocycles. The van der Waals surface area contributed by atoms with Crippen LogP contribution in [0.4, 0.5) is 0 Å². The van der Waals surface area contributed by atoms with Crippen LogP contribution in [0.15, 0.2) is 17.1 Å². The van der Waals surface area contributed by atoms with Crippen molar-refractivity contribution in [3.8, 4) is 0 Å². The maximum Gasteiger partial charge on any atom is 0.356 e. The fourth-order valence-electron chi connectivity index (χ4n) is 2.77. The van der Waals surface area contributed by atoms with Gasteiger partial charge in [0.25, 0.3) is 11.5 Å². The lowest BCUT2D eigenvalue weighted by atomic mass is 10.0. The molecule has 0 bridgehead atoms. The predicted octanol–water partition coefficient (Wildman–Crippen LogP) is 0.0759. The van der Waals surface area contributed by atoms with Crippen molar-refractivity contribution in [2.75, 3.05) is 7.11 Å². The minimum Gasteiger partial charge on any atom is -0.476 e. The second kappa shape index (κ2) is 6.85. The number of fused-ring (bicyclic) bond motifs is 1. The number of hydrogen-bond donors (Lipinski definition) is 3. The van der Waals surface area contributed by atoms with E-state index in [1.807, 2.05) is 0 Å². The summed E-state index contributed by atoms with van der Waals surface area (Å²) in [6.07, 6.45) is 2.56. The lowest BCUT2D eigenvalue weighted by Crippen LogP contribution is -2.36. The molecule has 2 aromatic rings. The van der Waals surface area contributed by atoms with Gasteiger partial charge in [0.15, 0.2) is 5.69 Å². The predicted molar refractivity (Wildman–Crippen MR) is 84.2 cm³/mol. The van der Waals surface area contributed by atoms with Crippen molar-refractivity contribution in [2.45, 2.75) is 32.0 Å². The van der Waals surface area contributed by atoms with E-state index in [0.717, 1.165) is 6.42 Å². The number of ether oxygens (including phenoxy) is 1. The van der Waals surface area contributed by atoms with E-state index in [1.54, 1.807) is 4.68 Å². The standard InChI is InChI=1S/C15H17N5O5/c1-25-7-12-16-6-8(14(22)18-12)13(21)17-9-3-2-4-20-11(9)5-10(19-20)15(23)24/h5-6,9H,2-4,7H2,1H3,(H,17,21)(H,23,24)(H,16,18,22). The first kappa shape index (κ1) is 16.8. The number of nitrogens with one attached hydrogen (secondary N) is 2. The molecule has 3 rings (SSSR count). The molecule has 1 aliphatic rings. The molecule has 1 atom stereocenters. The molecule has 1 amide bonds.